The van der Waals surface area contributed by atoms with Gasteiger partial charge >= 0.3 is 7.32 Å². The molecule has 0 saturated heterocycles. The Hall–Kier alpha value is -2.48. The van der Waals surface area contributed by atoms with Crippen molar-refractivity contribution in [3.05, 3.63) is 59.7 Å². The maximum absolute atomic E-state index is 12.6. The van der Waals surface area contributed by atoms with Crippen molar-refractivity contribution in [3.63, 3.8) is 0 Å². The first-order valence-electron chi connectivity index (χ1n) is 7.01. The van der Waals surface area contributed by atoms with Crippen LogP contribution in [0.1, 0.15) is 20.7 Å². The average Bonchev–Trinajstić information content (AvgIpc) is 2.56. The predicted molar refractivity (Wildman–Crippen MR) is 89.1 cm³/mol. The van der Waals surface area contributed by atoms with Crippen LogP contribution in [0.2, 0.25) is 0 Å². The van der Waals surface area contributed by atoms with Gasteiger partial charge < -0.3 is 14.7 Å². The van der Waals surface area contributed by atoms with Crippen LogP contribution in [0, 0.1) is 0 Å². The zero-order chi connectivity index (χ0) is 17.3. The van der Waals surface area contributed by atoms with Crippen LogP contribution in [-0.4, -0.2) is 40.0 Å². The third kappa shape index (κ3) is 3.10. The molecular weight excluding hydrogens is 332 g/mol. The summed E-state index contributed by atoms with van der Waals surface area (Å²) in [6, 6.07) is 12.5. The fourth-order valence-corrected chi connectivity index (χ4v) is 2.67. The summed E-state index contributed by atoms with van der Waals surface area (Å²) >= 11 is 6.12. The Morgan fingerprint density at radius 3 is 2.46 bits per heavy atom. The summed E-state index contributed by atoms with van der Waals surface area (Å²) in [5.74, 6) is -0.657. The lowest BCUT2D eigenvalue weighted by molar-refractivity contribution is 0.0968. The van der Waals surface area contributed by atoms with Crippen LogP contribution in [-0.2, 0) is 0 Å². The first-order valence-corrected chi connectivity index (χ1v) is 7.44. The molecule has 0 aromatic heterocycles. The Morgan fingerprint density at radius 2 is 1.75 bits per heavy atom. The van der Waals surface area contributed by atoms with Gasteiger partial charge in [-0.3, -0.25) is 9.59 Å². The number of fused-ring (bicyclic) bond motifs is 1. The number of alkyl halides is 1. The molecule has 0 fully saturated rings. The van der Waals surface area contributed by atoms with E-state index in [0.29, 0.717) is 5.69 Å². The molecule has 0 aliphatic heterocycles. The van der Waals surface area contributed by atoms with Gasteiger partial charge in [0.05, 0.1) is 5.69 Å². The van der Waals surface area contributed by atoms with E-state index in [2.05, 4.69) is 4.99 Å². The van der Waals surface area contributed by atoms with Gasteiger partial charge in [-0.25, -0.2) is 4.99 Å². The van der Waals surface area contributed by atoms with E-state index in [-0.39, 0.29) is 28.4 Å². The normalized spacial score (nSPS) is 18.5. The molecule has 0 bridgehead atoms. The molecule has 8 heteroatoms. The van der Waals surface area contributed by atoms with E-state index in [0.717, 1.165) is 0 Å². The standard InChI is InChI=1S/C16H11BClNO5/c18-13-14(16(21)12-7-2-1-6-11(12)15(13)20)19-9-4-3-5-10(8-9)24-17(22)23/h1-8,13,22-23H. The maximum atomic E-state index is 12.6. The molecule has 1 aliphatic rings. The van der Waals surface area contributed by atoms with Crippen molar-refractivity contribution in [1.82, 2.24) is 0 Å². The van der Waals surface area contributed by atoms with Gasteiger partial charge in [-0.1, -0.05) is 30.3 Å². The summed E-state index contributed by atoms with van der Waals surface area (Å²) in [6.45, 7) is 0. The highest BCUT2D eigenvalue weighted by Gasteiger charge is 2.37. The number of aliphatic imine (C=N–C) groups is 1. The highest BCUT2D eigenvalue weighted by molar-refractivity contribution is 6.65. The molecule has 0 saturated carbocycles. The molecule has 0 spiro atoms. The SMILES string of the molecule is O=C1C(=Nc2cccc(OB(O)O)c2)C(Cl)C(=O)c2ccccc21. The lowest BCUT2D eigenvalue weighted by atomic mass is 9.88. The van der Waals surface area contributed by atoms with Crippen LogP contribution in [0.25, 0.3) is 0 Å². The quantitative estimate of drug-likeness (QED) is 0.654. The van der Waals surface area contributed by atoms with E-state index in [1.807, 2.05) is 0 Å². The number of hydrogen-bond donors (Lipinski definition) is 2. The number of nitrogens with zero attached hydrogens (tertiary/aromatic N) is 1. The van der Waals surface area contributed by atoms with Crippen LogP contribution in [0.3, 0.4) is 0 Å². The van der Waals surface area contributed by atoms with E-state index < -0.39 is 18.5 Å². The Kier molecular flexibility index (Phi) is 4.48. The predicted octanol–water partition coefficient (Wildman–Crippen LogP) is 1.79. The van der Waals surface area contributed by atoms with E-state index in [1.165, 1.54) is 12.1 Å². The zero-order valence-electron chi connectivity index (χ0n) is 12.2. The van der Waals surface area contributed by atoms with Crippen molar-refractivity contribution in [3.8, 4) is 5.75 Å². The van der Waals surface area contributed by atoms with Gasteiger partial charge in [0.25, 0.3) is 0 Å². The molecule has 0 amide bonds. The largest absolute Gasteiger partial charge is 0.707 e. The van der Waals surface area contributed by atoms with Gasteiger partial charge in [0.15, 0.2) is 5.78 Å². The molecule has 1 unspecified atom stereocenters. The molecule has 6 nitrogen and oxygen atoms in total. The topological polar surface area (TPSA) is 96.2 Å². The molecule has 2 aromatic carbocycles. The van der Waals surface area contributed by atoms with Crippen LogP contribution in [0.4, 0.5) is 5.69 Å². The summed E-state index contributed by atoms with van der Waals surface area (Å²) < 4.78 is 4.73. The lowest BCUT2D eigenvalue weighted by Gasteiger charge is -2.19. The first-order chi connectivity index (χ1) is 11.5. The van der Waals surface area contributed by atoms with Crippen molar-refractivity contribution < 1.29 is 24.3 Å². The minimum atomic E-state index is -1.97. The zero-order valence-corrected chi connectivity index (χ0v) is 13.0. The Bertz CT molecular complexity index is 852. The second-order valence-corrected chi connectivity index (χ2v) is 5.48. The molecule has 2 aromatic rings. The van der Waals surface area contributed by atoms with E-state index in [1.54, 1.807) is 36.4 Å². The van der Waals surface area contributed by atoms with Gasteiger partial charge in [-0.15, -0.1) is 11.6 Å². The van der Waals surface area contributed by atoms with Crippen molar-refractivity contribution in [2.45, 2.75) is 5.38 Å². The van der Waals surface area contributed by atoms with Gasteiger partial charge in [0, 0.05) is 17.2 Å². The second-order valence-electron chi connectivity index (χ2n) is 5.04. The second kappa shape index (κ2) is 6.56. The summed E-state index contributed by atoms with van der Waals surface area (Å²) in [5.41, 5.74) is 0.759. The van der Waals surface area contributed by atoms with Crippen LogP contribution >= 0.6 is 11.6 Å². The van der Waals surface area contributed by atoms with Gasteiger partial charge in [-0.2, -0.15) is 0 Å². The van der Waals surface area contributed by atoms with E-state index in [9.17, 15) is 9.59 Å². The number of carbonyl (C=O) groups excluding carboxylic acids is 2. The van der Waals surface area contributed by atoms with Crippen molar-refractivity contribution >= 4 is 41.9 Å². The average molecular weight is 344 g/mol. The number of hydrogen-bond acceptors (Lipinski definition) is 6. The Morgan fingerprint density at radius 1 is 1.04 bits per heavy atom. The highest BCUT2D eigenvalue weighted by Crippen LogP contribution is 2.27. The summed E-state index contributed by atoms with van der Waals surface area (Å²) in [6.07, 6.45) is 0. The van der Waals surface area contributed by atoms with Crippen molar-refractivity contribution in [1.29, 1.82) is 0 Å². The molecule has 0 heterocycles. The smallest absolute Gasteiger partial charge is 0.512 e. The minimum absolute atomic E-state index is 0.0814. The van der Waals surface area contributed by atoms with Crippen LogP contribution in [0.15, 0.2) is 53.5 Å². The summed E-state index contributed by atoms with van der Waals surface area (Å²) in [4.78, 5) is 29.0. The van der Waals surface area contributed by atoms with E-state index in [4.69, 9.17) is 26.3 Å². The third-order valence-electron chi connectivity index (χ3n) is 3.45. The summed E-state index contributed by atoms with van der Waals surface area (Å²) in [7, 11) is -1.97. The molecule has 24 heavy (non-hydrogen) atoms. The molecule has 2 N–H and O–H groups in total. The number of benzene rings is 2. The first kappa shape index (κ1) is 16.4. The number of halogens is 1. The van der Waals surface area contributed by atoms with Gasteiger partial charge in [0.1, 0.15) is 16.8 Å². The number of carbonyl (C=O) groups is 2. The number of Topliss-reactive ketones (excluding diaryl/α,β-unsaturated/α-hetero) is 2. The monoisotopic (exact) mass is 343 g/mol. The number of ketones is 2. The molecule has 1 atom stereocenters. The van der Waals surface area contributed by atoms with Crippen molar-refractivity contribution in [2.24, 2.45) is 4.99 Å². The lowest BCUT2D eigenvalue weighted by Crippen LogP contribution is -2.37. The Labute approximate surface area is 142 Å². The fraction of sp³-hybridized carbons (Fsp3) is 0.0625. The molecule has 1 aliphatic carbocycles. The van der Waals surface area contributed by atoms with E-state index >= 15 is 0 Å². The number of rotatable bonds is 3. The molecular formula is C16H11BClNO5. The Balaban J connectivity index is 2.01. The van der Waals surface area contributed by atoms with Crippen LogP contribution in [0.5, 0.6) is 5.75 Å². The van der Waals surface area contributed by atoms with Crippen molar-refractivity contribution in [2.75, 3.05) is 0 Å². The highest BCUT2D eigenvalue weighted by atomic mass is 35.5. The maximum Gasteiger partial charge on any atom is 0.707 e. The third-order valence-corrected chi connectivity index (χ3v) is 3.85. The minimum Gasteiger partial charge on any atom is -0.512 e. The fourth-order valence-electron chi connectivity index (χ4n) is 2.40. The summed E-state index contributed by atoms with van der Waals surface area (Å²) in [5, 5.41) is 16.5. The van der Waals surface area contributed by atoms with Gasteiger partial charge in [0.2, 0.25) is 5.78 Å². The van der Waals surface area contributed by atoms with Crippen LogP contribution < -0.4 is 4.65 Å². The molecule has 3 rings (SSSR count). The molecule has 120 valence electrons. The van der Waals surface area contributed by atoms with Gasteiger partial charge in [-0.05, 0) is 12.1 Å². The molecule has 0 radical (unpaired) electrons.